The van der Waals surface area contributed by atoms with Crippen LogP contribution >= 0.6 is 0 Å². The molecular formula is C23H29N3O6S. The van der Waals surface area contributed by atoms with Crippen LogP contribution in [0.5, 0.6) is 11.5 Å². The summed E-state index contributed by atoms with van der Waals surface area (Å²) >= 11 is 0. The summed E-state index contributed by atoms with van der Waals surface area (Å²) in [7, 11) is -2.59. The molecule has 1 aliphatic heterocycles. The average Bonchev–Trinajstić information content (AvgIpc) is 2.80. The molecule has 9 nitrogen and oxygen atoms in total. The maximum Gasteiger partial charge on any atom is 0.262 e. The maximum absolute atomic E-state index is 12.9. The normalized spacial score (nSPS) is 16.4. The van der Waals surface area contributed by atoms with Crippen molar-refractivity contribution in [3.63, 3.8) is 0 Å². The summed E-state index contributed by atoms with van der Waals surface area (Å²) in [5.74, 6) is -0.900. The fourth-order valence-corrected chi connectivity index (χ4v) is 4.80. The number of ether oxygens (including phenoxy) is 1. The molecule has 1 heterocycles. The number of rotatable bonds is 7. The Hall–Kier alpha value is -3.27. The zero-order chi connectivity index (χ0) is 24.2. The first-order chi connectivity index (χ1) is 15.6. The first-order valence-corrected chi connectivity index (χ1v) is 12.2. The highest BCUT2D eigenvalue weighted by atomic mass is 32.2. The van der Waals surface area contributed by atoms with Crippen LogP contribution in [-0.2, 0) is 19.6 Å². The number of sulfonamides is 1. The number of carbonyl (C=O) groups is 2. The van der Waals surface area contributed by atoms with E-state index in [9.17, 15) is 23.1 Å². The van der Waals surface area contributed by atoms with E-state index in [1.807, 2.05) is 13.8 Å². The minimum absolute atomic E-state index is 0.00847. The number of nitrogens with one attached hydrogen (secondary N) is 2. The fraction of sp³-hybridized carbons (Fsp3) is 0.391. The number of phenolic OH excluding ortho intramolecular Hbond substituents is 1. The van der Waals surface area contributed by atoms with Gasteiger partial charge in [-0.05, 0) is 43.2 Å². The van der Waals surface area contributed by atoms with Gasteiger partial charge >= 0.3 is 0 Å². The Kier molecular flexibility index (Phi) is 7.47. The number of benzene rings is 2. The van der Waals surface area contributed by atoms with E-state index in [4.69, 9.17) is 4.74 Å². The Morgan fingerprint density at radius 1 is 1.15 bits per heavy atom. The van der Waals surface area contributed by atoms with Crippen molar-refractivity contribution in [1.29, 1.82) is 0 Å². The summed E-state index contributed by atoms with van der Waals surface area (Å²) < 4.78 is 33.4. The highest BCUT2D eigenvalue weighted by molar-refractivity contribution is 7.92. The molecule has 178 valence electrons. The highest BCUT2D eigenvalue weighted by Crippen LogP contribution is 2.31. The van der Waals surface area contributed by atoms with Gasteiger partial charge in [-0.25, -0.2) is 8.42 Å². The largest absolute Gasteiger partial charge is 0.506 e. The second-order valence-corrected chi connectivity index (χ2v) is 9.93. The van der Waals surface area contributed by atoms with Crippen molar-refractivity contribution < 1.29 is 27.9 Å². The van der Waals surface area contributed by atoms with Gasteiger partial charge in [-0.2, -0.15) is 0 Å². The third-order valence-corrected chi connectivity index (χ3v) is 6.85. The van der Waals surface area contributed by atoms with Crippen LogP contribution in [0.1, 0.15) is 26.7 Å². The van der Waals surface area contributed by atoms with Crippen LogP contribution in [0.2, 0.25) is 0 Å². The van der Waals surface area contributed by atoms with Gasteiger partial charge in [-0.15, -0.1) is 0 Å². The van der Waals surface area contributed by atoms with Gasteiger partial charge in [0.2, 0.25) is 11.8 Å². The van der Waals surface area contributed by atoms with E-state index < -0.39 is 15.9 Å². The first-order valence-electron chi connectivity index (χ1n) is 10.7. The Morgan fingerprint density at radius 3 is 2.58 bits per heavy atom. The standard InChI is InChI=1S/C23H29N3O6S/c1-15(2)23(29)26-12-6-7-16(14-26)22(28)24-19-13-17(10-11-20(19)27)33(30,31)25-18-8-4-5-9-21(18)32-3/h4-5,8-11,13,15-16,25,27H,6-7,12,14H2,1-3H3,(H,24,28). The fourth-order valence-electron chi connectivity index (χ4n) is 3.71. The van der Waals surface area contributed by atoms with Crippen molar-refractivity contribution in [3.05, 3.63) is 42.5 Å². The molecule has 0 saturated carbocycles. The number of anilines is 2. The molecule has 33 heavy (non-hydrogen) atoms. The van der Waals surface area contributed by atoms with E-state index in [1.165, 1.54) is 25.3 Å². The molecule has 10 heteroatoms. The number of methoxy groups -OCH3 is 1. The lowest BCUT2D eigenvalue weighted by molar-refractivity contribution is -0.137. The topological polar surface area (TPSA) is 125 Å². The molecule has 0 radical (unpaired) electrons. The molecule has 2 aromatic carbocycles. The van der Waals surface area contributed by atoms with Gasteiger partial charge in [0, 0.05) is 19.0 Å². The minimum atomic E-state index is -4.02. The zero-order valence-corrected chi connectivity index (χ0v) is 19.7. The highest BCUT2D eigenvalue weighted by Gasteiger charge is 2.30. The molecule has 3 N–H and O–H groups in total. The van der Waals surface area contributed by atoms with E-state index in [-0.39, 0.29) is 46.3 Å². The molecular weight excluding hydrogens is 446 g/mol. The van der Waals surface area contributed by atoms with E-state index in [2.05, 4.69) is 10.0 Å². The second-order valence-electron chi connectivity index (χ2n) is 8.25. The predicted octanol–water partition coefficient (Wildman–Crippen LogP) is 3.03. The quantitative estimate of drug-likeness (QED) is 0.529. The van der Waals surface area contributed by atoms with Gasteiger partial charge in [0.25, 0.3) is 10.0 Å². The van der Waals surface area contributed by atoms with Crippen LogP contribution in [0.3, 0.4) is 0 Å². The molecule has 3 rings (SSSR count). The number of para-hydroxylation sites is 2. The van der Waals surface area contributed by atoms with Crippen molar-refractivity contribution in [2.24, 2.45) is 11.8 Å². The second kappa shape index (κ2) is 10.1. The molecule has 1 saturated heterocycles. The minimum Gasteiger partial charge on any atom is -0.506 e. The first kappa shape index (κ1) is 24.4. The SMILES string of the molecule is COc1ccccc1NS(=O)(=O)c1ccc(O)c(NC(=O)C2CCCN(C(=O)C(C)C)C2)c1. The van der Waals surface area contributed by atoms with Crippen LogP contribution in [-0.4, -0.2) is 50.4 Å². The molecule has 1 fully saturated rings. The predicted molar refractivity (Wildman–Crippen MR) is 125 cm³/mol. The zero-order valence-electron chi connectivity index (χ0n) is 18.9. The lowest BCUT2D eigenvalue weighted by Gasteiger charge is -2.33. The Labute approximate surface area is 193 Å². The number of hydrogen-bond donors (Lipinski definition) is 3. The van der Waals surface area contributed by atoms with Gasteiger partial charge in [0.05, 0.1) is 29.3 Å². The van der Waals surface area contributed by atoms with Gasteiger partial charge in [-0.3, -0.25) is 14.3 Å². The summed E-state index contributed by atoms with van der Waals surface area (Å²) in [5.41, 5.74) is 0.242. The molecule has 2 aromatic rings. The van der Waals surface area contributed by atoms with Crippen LogP contribution in [0.4, 0.5) is 11.4 Å². The number of piperidine rings is 1. The average molecular weight is 476 g/mol. The van der Waals surface area contributed by atoms with Crippen LogP contribution in [0.25, 0.3) is 0 Å². The molecule has 1 aliphatic rings. The number of carbonyl (C=O) groups excluding carboxylic acids is 2. The van der Waals surface area contributed by atoms with Gasteiger partial charge in [0.1, 0.15) is 11.5 Å². The molecule has 0 spiro atoms. The van der Waals surface area contributed by atoms with Crippen molar-refractivity contribution in [2.75, 3.05) is 30.2 Å². The number of phenols is 1. The van der Waals surface area contributed by atoms with Crippen molar-refractivity contribution in [3.8, 4) is 11.5 Å². The van der Waals surface area contributed by atoms with Crippen molar-refractivity contribution in [1.82, 2.24) is 4.90 Å². The van der Waals surface area contributed by atoms with Gasteiger partial charge < -0.3 is 20.1 Å². The van der Waals surface area contributed by atoms with E-state index >= 15 is 0 Å². The van der Waals surface area contributed by atoms with Crippen LogP contribution in [0, 0.1) is 11.8 Å². The molecule has 0 aliphatic carbocycles. The number of nitrogens with zero attached hydrogens (tertiary/aromatic N) is 1. The van der Waals surface area contributed by atoms with Crippen LogP contribution in [0.15, 0.2) is 47.4 Å². The number of likely N-dealkylation sites (tertiary alicyclic amines) is 1. The third kappa shape index (κ3) is 5.75. The molecule has 1 atom stereocenters. The third-order valence-electron chi connectivity index (χ3n) is 5.49. The summed E-state index contributed by atoms with van der Waals surface area (Å²) in [4.78, 5) is 26.7. The number of hydrogen-bond acceptors (Lipinski definition) is 6. The molecule has 1 unspecified atom stereocenters. The Morgan fingerprint density at radius 2 is 1.88 bits per heavy atom. The van der Waals surface area contributed by atoms with Gasteiger partial charge in [-0.1, -0.05) is 26.0 Å². The maximum atomic E-state index is 12.9. The van der Waals surface area contributed by atoms with E-state index in [1.54, 1.807) is 29.2 Å². The van der Waals surface area contributed by atoms with Crippen molar-refractivity contribution in [2.45, 2.75) is 31.6 Å². The van der Waals surface area contributed by atoms with Crippen molar-refractivity contribution >= 4 is 33.2 Å². The lowest BCUT2D eigenvalue weighted by Crippen LogP contribution is -2.45. The summed E-state index contributed by atoms with van der Waals surface area (Å²) in [6.45, 7) is 4.52. The van der Waals surface area contributed by atoms with E-state index in [0.717, 1.165) is 0 Å². The summed E-state index contributed by atoms with van der Waals surface area (Å²) in [6.07, 6.45) is 1.29. The van der Waals surface area contributed by atoms with Gasteiger partial charge in [0.15, 0.2) is 0 Å². The lowest BCUT2D eigenvalue weighted by atomic mass is 9.96. The Bertz CT molecular complexity index is 1130. The Balaban J connectivity index is 1.77. The smallest absolute Gasteiger partial charge is 0.262 e. The molecule has 0 bridgehead atoms. The molecule has 0 aromatic heterocycles. The summed E-state index contributed by atoms with van der Waals surface area (Å²) in [6, 6.07) is 10.2. The monoisotopic (exact) mass is 475 g/mol. The number of amides is 2. The number of aromatic hydroxyl groups is 1. The van der Waals surface area contributed by atoms with Crippen LogP contribution < -0.4 is 14.8 Å². The van der Waals surface area contributed by atoms with E-state index in [0.29, 0.717) is 25.1 Å². The molecule has 2 amide bonds. The summed E-state index contributed by atoms with van der Waals surface area (Å²) in [5, 5.41) is 12.8.